The number of para-hydroxylation sites is 2. The molecule has 3 aliphatic rings. The molecule has 5 nitrogen and oxygen atoms in total. The molecule has 2 aromatic carbocycles. The van der Waals surface area contributed by atoms with E-state index in [0.717, 1.165) is 67.8 Å². The van der Waals surface area contributed by atoms with E-state index in [1.807, 2.05) is 25.3 Å². The first-order valence-corrected chi connectivity index (χ1v) is 13.4. The van der Waals surface area contributed by atoms with Crippen LogP contribution in [0.4, 0.5) is 11.4 Å². The maximum Gasteiger partial charge on any atom is 0.0900 e. The van der Waals surface area contributed by atoms with Gasteiger partial charge in [-0.05, 0) is 80.4 Å². The van der Waals surface area contributed by atoms with Gasteiger partial charge >= 0.3 is 0 Å². The molecule has 1 N–H and O–H groups in total. The van der Waals surface area contributed by atoms with E-state index in [4.69, 9.17) is 9.98 Å². The Balaban J connectivity index is 1.63. The van der Waals surface area contributed by atoms with Crippen LogP contribution in [0.3, 0.4) is 0 Å². The summed E-state index contributed by atoms with van der Waals surface area (Å²) in [6.45, 7) is 2.02. The zero-order valence-electron chi connectivity index (χ0n) is 20.3. The highest BCUT2D eigenvalue weighted by molar-refractivity contribution is 9.10. The molecule has 2 heterocycles. The Hall–Kier alpha value is -3.51. The Labute approximate surface area is 219 Å². The smallest absolute Gasteiger partial charge is 0.0900 e. The molecule has 180 valence electrons. The highest BCUT2D eigenvalue weighted by Crippen LogP contribution is 2.31. The van der Waals surface area contributed by atoms with Crippen LogP contribution in [0, 0.1) is 6.92 Å². The summed E-state index contributed by atoms with van der Waals surface area (Å²) in [5.41, 5.74) is 7.98. The number of anilines is 2. The molecule has 36 heavy (non-hydrogen) atoms. The molecule has 1 aromatic heterocycles. The molecule has 3 aromatic rings. The number of rotatable bonds is 4. The minimum absolute atomic E-state index is 0.348. The van der Waals surface area contributed by atoms with Crippen LogP contribution < -0.4 is 10.7 Å². The molecule has 0 spiro atoms. The van der Waals surface area contributed by atoms with E-state index in [-0.39, 0.29) is 0 Å². The first-order valence-electron chi connectivity index (χ1n) is 12.6. The average molecular weight is 538 g/mol. The van der Waals surface area contributed by atoms with Crippen molar-refractivity contribution in [3.63, 3.8) is 0 Å². The number of pyridine rings is 1. The van der Waals surface area contributed by atoms with E-state index in [1.165, 1.54) is 19.3 Å². The molecule has 1 saturated carbocycles. The van der Waals surface area contributed by atoms with Gasteiger partial charge in [0.05, 0.1) is 50.9 Å². The zero-order chi connectivity index (χ0) is 24.5. The predicted octanol–water partition coefficient (Wildman–Crippen LogP) is 7.57. The van der Waals surface area contributed by atoms with Gasteiger partial charge in [0.1, 0.15) is 0 Å². The van der Waals surface area contributed by atoms with Crippen molar-refractivity contribution < 1.29 is 0 Å². The van der Waals surface area contributed by atoms with Crippen LogP contribution in [0.1, 0.15) is 37.8 Å². The summed E-state index contributed by atoms with van der Waals surface area (Å²) in [6.07, 6.45) is 7.92. The number of aryl methyl sites for hydroxylation is 1. The van der Waals surface area contributed by atoms with Crippen LogP contribution in [-0.4, -0.2) is 20.6 Å². The lowest BCUT2D eigenvalue weighted by atomic mass is 9.96. The predicted molar refractivity (Wildman–Crippen MR) is 150 cm³/mol. The second-order valence-electron chi connectivity index (χ2n) is 9.45. The van der Waals surface area contributed by atoms with Crippen LogP contribution in [-0.2, 0) is 0 Å². The summed E-state index contributed by atoms with van der Waals surface area (Å²) in [4.78, 5) is 14.8. The summed E-state index contributed by atoms with van der Waals surface area (Å²) in [5.74, 6) is 0. The number of hydrogen-bond acceptors (Lipinski definition) is 4. The molecule has 1 fully saturated rings. The summed E-state index contributed by atoms with van der Waals surface area (Å²) in [6, 6.07) is 25.5. The van der Waals surface area contributed by atoms with Crippen molar-refractivity contribution in [2.75, 3.05) is 5.32 Å². The third-order valence-corrected chi connectivity index (χ3v) is 7.48. The van der Waals surface area contributed by atoms with E-state index in [0.29, 0.717) is 6.04 Å². The minimum Gasteiger partial charge on any atom is -0.352 e. The number of fused-ring (bicyclic) bond motifs is 2. The third-order valence-electron chi connectivity index (χ3n) is 6.95. The van der Waals surface area contributed by atoms with E-state index in [2.05, 4.69) is 91.5 Å². The Morgan fingerprint density at radius 2 is 1.72 bits per heavy atom. The second kappa shape index (κ2) is 9.86. The fourth-order valence-corrected chi connectivity index (χ4v) is 5.35. The molecule has 0 saturated heterocycles. The summed E-state index contributed by atoms with van der Waals surface area (Å²) < 4.78 is 3.35. The summed E-state index contributed by atoms with van der Waals surface area (Å²) >= 11 is 3.58. The minimum atomic E-state index is 0.348. The number of halogens is 1. The maximum atomic E-state index is 5.29. The molecule has 0 atom stereocenters. The van der Waals surface area contributed by atoms with E-state index >= 15 is 0 Å². The molecule has 6 rings (SSSR count). The lowest BCUT2D eigenvalue weighted by molar-refractivity contribution is 0.437. The largest absolute Gasteiger partial charge is 0.352 e. The van der Waals surface area contributed by atoms with E-state index in [1.54, 1.807) is 0 Å². The van der Waals surface area contributed by atoms with Gasteiger partial charge in [0.2, 0.25) is 0 Å². The average Bonchev–Trinajstić information content (AvgIpc) is 2.90. The summed E-state index contributed by atoms with van der Waals surface area (Å²) in [7, 11) is 0. The van der Waals surface area contributed by atoms with Crippen LogP contribution in [0.15, 0.2) is 88.5 Å². The SMILES string of the molecule is Cc1ncccc1Nc1cc2nc3ccccc3n(-c3ccc(Br)cc3)c-2c/c1=N\C1CCCCC1. The van der Waals surface area contributed by atoms with Gasteiger partial charge < -0.3 is 9.88 Å². The van der Waals surface area contributed by atoms with Crippen molar-refractivity contribution >= 4 is 38.3 Å². The van der Waals surface area contributed by atoms with Gasteiger partial charge in [-0.25, -0.2) is 4.98 Å². The van der Waals surface area contributed by atoms with Crippen LogP contribution in [0.5, 0.6) is 0 Å². The molecule has 0 radical (unpaired) electrons. The molecular weight excluding hydrogens is 510 g/mol. The number of hydrogen-bond donors (Lipinski definition) is 1. The molecule has 0 bridgehead atoms. The van der Waals surface area contributed by atoms with Gasteiger partial charge in [0, 0.05) is 16.4 Å². The zero-order valence-corrected chi connectivity index (χ0v) is 21.9. The van der Waals surface area contributed by atoms with Crippen molar-refractivity contribution in [1.29, 1.82) is 0 Å². The Bertz CT molecular complexity index is 1570. The Kier molecular flexibility index (Phi) is 6.28. The third kappa shape index (κ3) is 4.53. The standard InChI is InChI=1S/C30H28BrN5/c1-20-24(11-7-17-32-20)34-26-18-28-30(19-27(26)33-22-8-3-2-4-9-22)36(23-15-13-21(31)14-16-23)29-12-6-5-10-25(29)35-28/h5-7,10-19,22,34H,2-4,8-9H2,1H3/b33-27+. The van der Waals surface area contributed by atoms with Gasteiger partial charge in [0.15, 0.2) is 0 Å². The topological polar surface area (TPSA) is 55.1 Å². The number of aromatic nitrogens is 3. The number of benzene rings is 3. The molecule has 6 heteroatoms. The first kappa shape index (κ1) is 22.9. The monoisotopic (exact) mass is 537 g/mol. The fourth-order valence-electron chi connectivity index (χ4n) is 5.09. The van der Waals surface area contributed by atoms with Crippen molar-refractivity contribution in [3.05, 3.63) is 94.5 Å². The van der Waals surface area contributed by atoms with Crippen LogP contribution >= 0.6 is 15.9 Å². The van der Waals surface area contributed by atoms with E-state index < -0.39 is 0 Å². The number of nitrogens with zero attached hydrogens (tertiary/aromatic N) is 4. The normalized spacial score (nSPS) is 15.0. The van der Waals surface area contributed by atoms with Crippen LogP contribution in [0.2, 0.25) is 0 Å². The molecule has 2 aliphatic carbocycles. The quantitative estimate of drug-likeness (QED) is 0.240. The van der Waals surface area contributed by atoms with Gasteiger partial charge in [-0.2, -0.15) is 0 Å². The number of nitrogens with one attached hydrogen (secondary N) is 1. The van der Waals surface area contributed by atoms with Gasteiger partial charge in [-0.3, -0.25) is 9.98 Å². The molecule has 1 aliphatic heterocycles. The van der Waals surface area contributed by atoms with E-state index in [9.17, 15) is 0 Å². The maximum absolute atomic E-state index is 5.29. The Morgan fingerprint density at radius 3 is 2.53 bits per heavy atom. The lowest BCUT2D eigenvalue weighted by Crippen LogP contribution is -2.19. The molecule has 0 unspecified atom stereocenters. The molecule has 0 amide bonds. The highest BCUT2D eigenvalue weighted by atomic mass is 79.9. The lowest BCUT2D eigenvalue weighted by Gasteiger charge is -2.22. The van der Waals surface area contributed by atoms with Crippen LogP contribution in [0.25, 0.3) is 28.1 Å². The van der Waals surface area contributed by atoms with Crippen molar-refractivity contribution in [2.24, 2.45) is 4.99 Å². The van der Waals surface area contributed by atoms with Crippen molar-refractivity contribution in [3.8, 4) is 17.1 Å². The van der Waals surface area contributed by atoms with Gasteiger partial charge in [-0.15, -0.1) is 0 Å². The Morgan fingerprint density at radius 1 is 0.917 bits per heavy atom. The van der Waals surface area contributed by atoms with Gasteiger partial charge in [0.25, 0.3) is 0 Å². The first-order chi connectivity index (χ1) is 17.7. The van der Waals surface area contributed by atoms with Crippen molar-refractivity contribution in [1.82, 2.24) is 14.5 Å². The fraction of sp³-hybridized carbons (Fsp3) is 0.233. The second-order valence-corrected chi connectivity index (χ2v) is 10.4. The van der Waals surface area contributed by atoms with Crippen molar-refractivity contribution in [2.45, 2.75) is 45.1 Å². The molecular formula is C30H28BrN5. The van der Waals surface area contributed by atoms with Gasteiger partial charge in [-0.1, -0.05) is 47.3 Å². The highest BCUT2D eigenvalue weighted by Gasteiger charge is 2.18. The summed E-state index contributed by atoms with van der Waals surface area (Å²) in [5, 5.41) is 4.60.